The number of hydrogen-bond donors (Lipinski definition) is 0. The number of rotatable bonds is 1. The van der Waals surface area contributed by atoms with Crippen molar-refractivity contribution in [1.82, 2.24) is 0 Å². The van der Waals surface area contributed by atoms with Crippen LogP contribution < -0.4 is 4.90 Å². The predicted octanol–water partition coefficient (Wildman–Crippen LogP) is 3.10. The van der Waals surface area contributed by atoms with Crippen molar-refractivity contribution >= 4 is 34.1 Å². The summed E-state index contributed by atoms with van der Waals surface area (Å²) in [6.45, 7) is 5.02. The molecule has 1 heterocycles. The Labute approximate surface area is 110 Å². The average molecular weight is 329 g/mol. The molecule has 0 amide bonds. The number of nitrogens with zero attached hydrogens (tertiary/aromatic N) is 1. The van der Waals surface area contributed by atoms with Crippen LogP contribution in [-0.2, 0) is 4.79 Å². The maximum absolute atomic E-state index is 11.6. The first-order valence-electron chi connectivity index (χ1n) is 5.64. The van der Waals surface area contributed by atoms with E-state index in [9.17, 15) is 4.79 Å². The number of Topliss-reactive ketones (excluding diaryl/α,β-unsaturated/α-hetero) is 1. The van der Waals surface area contributed by atoms with E-state index in [4.69, 9.17) is 0 Å². The van der Waals surface area contributed by atoms with Gasteiger partial charge < -0.3 is 4.90 Å². The summed E-state index contributed by atoms with van der Waals surface area (Å²) in [6, 6.07) is 8.82. The number of halogens is 1. The van der Waals surface area contributed by atoms with E-state index >= 15 is 0 Å². The SMILES string of the molecule is CC1C(=O)CCN(c2ccc(I)cc2)C1C. The number of hydrogen-bond acceptors (Lipinski definition) is 2. The van der Waals surface area contributed by atoms with Gasteiger partial charge in [0.1, 0.15) is 5.78 Å². The van der Waals surface area contributed by atoms with Crippen LogP contribution in [0.1, 0.15) is 20.3 Å². The summed E-state index contributed by atoms with van der Waals surface area (Å²) in [5.74, 6) is 0.544. The van der Waals surface area contributed by atoms with Crippen LogP contribution in [0.2, 0.25) is 0 Å². The first-order valence-corrected chi connectivity index (χ1v) is 6.72. The molecule has 1 fully saturated rings. The van der Waals surface area contributed by atoms with Gasteiger partial charge in [0.2, 0.25) is 0 Å². The summed E-state index contributed by atoms with van der Waals surface area (Å²) < 4.78 is 1.25. The molecular formula is C13H16INO. The van der Waals surface area contributed by atoms with E-state index in [1.807, 2.05) is 6.92 Å². The molecular weight excluding hydrogens is 313 g/mol. The topological polar surface area (TPSA) is 20.3 Å². The fraction of sp³-hybridized carbons (Fsp3) is 0.462. The molecule has 2 atom stereocenters. The van der Waals surface area contributed by atoms with E-state index in [2.05, 4.69) is 58.7 Å². The lowest BCUT2D eigenvalue weighted by atomic mass is 9.90. The molecule has 0 saturated carbocycles. The number of anilines is 1. The highest BCUT2D eigenvalue weighted by molar-refractivity contribution is 14.1. The van der Waals surface area contributed by atoms with Crippen LogP contribution in [0.5, 0.6) is 0 Å². The third-order valence-electron chi connectivity index (χ3n) is 3.48. The van der Waals surface area contributed by atoms with Gasteiger partial charge in [-0.2, -0.15) is 0 Å². The van der Waals surface area contributed by atoms with Gasteiger partial charge in [-0.15, -0.1) is 0 Å². The van der Waals surface area contributed by atoms with Gasteiger partial charge in [0.15, 0.2) is 0 Å². The molecule has 1 aromatic rings. The minimum Gasteiger partial charge on any atom is -0.368 e. The minimum absolute atomic E-state index is 0.146. The van der Waals surface area contributed by atoms with Gasteiger partial charge in [0, 0.05) is 34.2 Å². The number of carbonyl (C=O) groups excluding carboxylic acids is 1. The zero-order chi connectivity index (χ0) is 11.7. The van der Waals surface area contributed by atoms with Gasteiger partial charge in [-0.05, 0) is 53.8 Å². The van der Waals surface area contributed by atoms with Crippen LogP contribution in [0, 0.1) is 9.49 Å². The maximum Gasteiger partial charge on any atom is 0.139 e. The first kappa shape index (κ1) is 11.9. The quantitative estimate of drug-likeness (QED) is 0.738. The second-order valence-electron chi connectivity index (χ2n) is 4.42. The fourth-order valence-electron chi connectivity index (χ4n) is 2.20. The Morgan fingerprint density at radius 3 is 2.50 bits per heavy atom. The van der Waals surface area contributed by atoms with E-state index in [1.165, 1.54) is 9.26 Å². The molecule has 1 aromatic carbocycles. The monoisotopic (exact) mass is 329 g/mol. The summed E-state index contributed by atoms with van der Waals surface area (Å²) in [7, 11) is 0. The molecule has 0 radical (unpaired) electrons. The summed E-state index contributed by atoms with van der Waals surface area (Å²) in [6.07, 6.45) is 0.678. The molecule has 0 aromatic heterocycles. The normalized spacial score (nSPS) is 25.9. The lowest BCUT2D eigenvalue weighted by Gasteiger charge is -2.38. The molecule has 1 aliphatic rings. The van der Waals surface area contributed by atoms with Crippen molar-refractivity contribution in [3.05, 3.63) is 27.8 Å². The molecule has 0 aliphatic carbocycles. The molecule has 2 nitrogen and oxygen atoms in total. The van der Waals surface area contributed by atoms with Crippen molar-refractivity contribution in [3.63, 3.8) is 0 Å². The van der Waals surface area contributed by atoms with Crippen LogP contribution in [0.15, 0.2) is 24.3 Å². The number of ketones is 1. The van der Waals surface area contributed by atoms with Crippen LogP contribution in [0.4, 0.5) is 5.69 Å². The highest BCUT2D eigenvalue weighted by atomic mass is 127. The molecule has 2 unspecified atom stereocenters. The van der Waals surface area contributed by atoms with Crippen molar-refractivity contribution in [1.29, 1.82) is 0 Å². The van der Waals surface area contributed by atoms with Gasteiger partial charge in [0.05, 0.1) is 0 Å². The van der Waals surface area contributed by atoms with Gasteiger partial charge in [-0.3, -0.25) is 4.79 Å². The molecule has 0 N–H and O–H groups in total. The zero-order valence-corrected chi connectivity index (χ0v) is 11.8. The van der Waals surface area contributed by atoms with Crippen LogP contribution in [-0.4, -0.2) is 18.4 Å². The molecule has 86 valence electrons. The molecule has 16 heavy (non-hydrogen) atoms. The van der Waals surface area contributed by atoms with E-state index in [0.29, 0.717) is 18.2 Å². The number of piperidine rings is 1. The van der Waals surface area contributed by atoms with Crippen molar-refractivity contribution in [2.45, 2.75) is 26.3 Å². The van der Waals surface area contributed by atoms with Gasteiger partial charge in [0.25, 0.3) is 0 Å². The second kappa shape index (κ2) is 4.73. The molecule has 0 bridgehead atoms. The van der Waals surface area contributed by atoms with Gasteiger partial charge >= 0.3 is 0 Å². The molecule has 2 rings (SSSR count). The largest absolute Gasteiger partial charge is 0.368 e. The van der Waals surface area contributed by atoms with Crippen molar-refractivity contribution in [2.75, 3.05) is 11.4 Å². The third kappa shape index (κ3) is 2.24. The molecule has 1 aliphatic heterocycles. The third-order valence-corrected chi connectivity index (χ3v) is 4.20. The predicted molar refractivity (Wildman–Crippen MR) is 74.8 cm³/mol. The standard InChI is InChI=1S/C13H16INO/c1-9-10(2)15(8-7-13(9)16)12-5-3-11(14)4-6-12/h3-6,9-10H,7-8H2,1-2H3. The summed E-state index contributed by atoms with van der Waals surface area (Å²) >= 11 is 2.31. The van der Waals surface area contributed by atoms with Crippen LogP contribution in [0.25, 0.3) is 0 Å². The average Bonchev–Trinajstić information content (AvgIpc) is 2.28. The van der Waals surface area contributed by atoms with Crippen LogP contribution >= 0.6 is 22.6 Å². The molecule has 0 spiro atoms. The van der Waals surface area contributed by atoms with Crippen LogP contribution in [0.3, 0.4) is 0 Å². The highest BCUT2D eigenvalue weighted by Crippen LogP contribution is 2.26. The van der Waals surface area contributed by atoms with Crippen molar-refractivity contribution < 1.29 is 4.79 Å². The van der Waals surface area contributed by atoms with E-state index in [-0.39, 0.29) is 5.92 Å². The van der Waals surface area contributed by atoms with Crippen molar-refractivity contribution in [2.24, 2.45) is 5.92 Å². The smallest absolute Gasteiger partial charge is 0.139 e. The Morgan fingerprint density at radius 1 is 1.25 bits per heavy atom. The Balaban J connectivity index is 2.21. The van der Waals surface area contributed by atoms with Crippen molar-refractivity contribution in [3.8, 4) is 0 Å². The Kier molecular flexibility index (Phi) is 3.52. The molecule has 1 saturated heterocycles. The number of benzene rings is 1. The Bertz CT molecular complexity index is 387. The Hall–Kier alpha value is -0.580. The Morgan fingerprint density at radius 2 is 1.88 bits per heavy atom. The molecule has 3 heteroatoms. The van der Waals surface area contributed by atoms with E-state index in [0.717, 1.165) is 6.54 Å². The maximum atomic E-state index is 11.6. The van der Waals surface area contributed by atoms with E-state index < -0.39 is 0 Å². The first-order chi connectivity index (χ1) is 7.59. The van der Waals surface area contributed by atoms with Gasteiger partial charge in [-0.25, -0.2) is 0 Å². The fourth-order valence-corrected chi connectivity index (χ4v) is 2.56. The van der Waals surface area contributed by atoms with E-state index in [1.54, 1.807) is 0 Å². The lowest BCUT2D eigenvalue weighted by Crippen LogP contribution is -2.46. The van der Waals surface area contributed by atoms with Gasteiger partial charge in [-0.1, -0.05) is 6.92 Å². The minimum atomic E-state index is 0.146. The number of carbonyl (C=O) groups is 1. The lowest BCUT2D eigenvalue weighted by molar-refractivity contribution is -0.123. The summed E-state index contributed by atoms with van der Waals surface area (Å²) in [5, 5.41) is 0. The zero-order valence-electron chi connectivity index (χ0n) is 9.61. The summed E-state index contributed by atoms with van der Waals surface area (Å²) in [5.41, 5.74) is 1.23. The summed E-state index contributed by atoms with van der Waals surface area (Å²) in [4.78, 5) is 13.9. The second-order valence-corrected chi connectivity index (χ2v) is 5.66. The highest BCUT2D eigenvalue weighted by Gasteiger charge is 2.30.